The molecule has 352 valence electrons. The van der Waals surface area contributed by atoms with Gasteiger partial charge in [-0.05, 0) is 37.7 Å². The van der Waals surface area contributed by atoms with Crippen molar-refractivity contribution in [2.24, 2.45) is 10.2 Å². The van der Waals surface area contributed by atoms with E-state index in [1.807, 2.05) is 0 Å². The van der Waals surface area contributed by atoms with Gasteiger partial charge in [0.15, 0.2) is 0 Å². The van der Waals surface area contributed by atoms with Crippen LogP contribution in [-0.4, -0.2) is 74.5 Å². The number of H-pyrrole nitrogens is 3. The van der Waals surface area contributed by atoms with Gasteiger partial charge < -0.3 is 64.9 Å². The number of carbonyl (C=O) groups is 2. The Balaban J connectivity index is -0.000000107. The average Bonchev–Trinajstić information content (AvgIpc) is 3.31. The van der Waals surface area contributed by atoms with Crippen molar-refractivity contribution in [2.75, 3.05) is 13.2 Å². The molecule has 7 N–H and O–H groups in total. The molecule has 0 saturated heterocycles. The number of hydrogen-bond acceptors (Lipinski definition) is 14. The molecule has 0 radical (unpaired) electrons. The SMILES string of the molecule is CCOC(=O)N=NC(=O)OCC.O=c1[nH]c(=O)[nH]c(=O)[nH]1.[CH2-]C.[CH2-]O.[CH2-]O.[CH2-]O.[CH2-]O.[CH2-]n1c(=O)n([CH2-])c(=O)n([CH2-])c1=O.[Rf].[Rf].[Rf].[Rf].c1ccc(P(c2ccccc2)c2ccccc2)cc1. The fourth-order valence-corrected chi connectivity index (χ4v) is 5.96. The number of hydrogen-bond donors (Lipinski definition) is 7. The van der Waals surface area contributed by atoms with E-state index in [1.165, 1.54) is 15.9 Å². The zero-order valence-corrected chi connectivity index (χ0v) is 63.6. The summed E-state index contributed by atoms with van der Waals surface area (Å²) in [7, 11) is 17.9. The van der Waals surface area contributed by atoms with Crippen LogP contribution < -0.4 is 50.1 Å². The minimum absolute atomic E-state index is 0. The van der Waals surface area contributed by atoms with E-state index < -0.39 is 54.2 Å². The van der Waals surface area contributed by atoms with Gasteiger partial charge in [0.1, 0.15) is 0 Å². The summed E-state index contributed by atoms with van der Waals surface area (Å²) in [5.41, 5.74) is -5.02. The van der Waals surface area contributed by atoms with E-state index in [1.54, 1.807) is 35.7 Å². The molecule has 0 bridgehead atoms. The first-order valence-electron chi connectivity index (χ1n) is 16.8. The topological polar surface area (TPSA) is 323 Å². The second-order valence-electron chi connectivity index (χ2n) is 9.43. The van der Waals surface area contributed by atoms with Crippen LogP contribution in [0.5, 0.6) is 0 Å². The van der Waals surface area contributed by atoms with Crippen molar-refractivity contribution < 1.29 is 39.5 Å². The number of azo groups is 1. The first kappa shape index (κ1) is 72.5. The number of nitrogens with zero attached hydrogens (tertiary/aromatic N) is 5. The molecule has 5 aromatic rings. The number of benzene rings is 3. The fourth-order valence-electron chi connectivity index (χ4n) is 3.65. The molecule has 5 rings (SSSR count). The molecule has 27 heteroatoms. The van der Waals surface area contributed by atoms with Crippen molar-refractivity contribution in [2.45, 2.75) is 20.8 Å². The van der Waals surface area contributed by atoms with E-state index in [0.717, 1.165) is 0 Å². The number of carbonyl (C=O) groups excluding carboxylic acids is 2. The summed E-state index contributed by atoms with van der Waals surface area (Å²) in [5.74, 6) is 0. The molecular weight excluding hydrogens is 1900 g/mol. The van der Waals surface area contributed by atoms with Gasteiger partial charge in [-0.1, -0.05) is 101 Å². The average molecular weight is 1950 g/mol. The monoisotopic (exact) mass is 1950 g/mol. The van der Waals surface area contributed by atoms with Crippen LogP contribution in [0, 0.1) is 56.5 Å². The number of ether oxygens (including phenoxy) is 2. The first-order valence-corrected chi connectivity index (χ1v) is 18.2. The minimum Gasteiger partial charge on any atom is -0.569 e. The Bertz CT molecular complexity index is 2020. The van der Waals surface area contributed by atoms with Crippen LogP contribution in [0.25, 0.3) is 0 Å². The molecule has 2 heterocycles. The van der Waals surface area contributed by atoms with E-state index in [4.69, 9.17) is 20.4 Å². The van der Waals surface area contributed by atoms with E-state index in [0.29, 0.717) is 13.7 Å². The van der Waals surface area contributed by atoms with Gasteiger partial charge in [-0.25, -0.2) is 52.4 Å². The fraction of sp³-hybridized carbons (Fsp3) is 0.128. The van der Waals surface area contributed by atoms with Crippen LogP contribution in [0.1, 0.15) is 20.8 Å². The first-order chi connectivity index (χ1) is 29.8. The summed E-state index contributed by atoms with van der Waals surface area (Å²) in [6.45, 7) is 8.64. The van der Waals surface area contributed by atoms with Gasteiger partial charge in [-0.2, -0.15) is 6.92 Å². The van der Waals surface area contributed by atoms with Crippen molar-refractivity contribution in [1.29, 1.82) is 0 Å². The number of amides is 2. The van der Waals surface area contributed by atoms with Gasteiger partial charge in [-0.15, -0.1) is 21.1 Å². The predicted molar refractivity (Wildman–Crippen MR) is 234 cm³/mol. The Morgan fingerprint density at radius 2 is 0.682 bits per heavy atom. The van der Waals surface area contributed by atoms with Crippen molar-refractivity contribution in [3.8, 4) is 0 Å². The summed E-state index contributed by atoms with van der Waals surface area (Å²) >= 11 is 0. The van der Waals surface area contributed by atoms with Gasteiger partial charge in [-0.3, -0.25) is 15.0 Å². The molecule has 3 aromatic carbocycles. The smallest absolute Gasteiger partial charge is 0.452 e. The molecule has 2 aromatic heterocycles. The molecule has 0 fully saturated rings. The summed E-state index contributed by atoms with van der Waals surface area (Å²) in [5, 5.41) is 37.0. The van der Waals surface area contributed by atoms with Gasteiger partial charge in [0.05, 0.1) is 13.2 Å². The Kier molecular flexibility index (Phi) is 49.4. The molecule has 0 aliphatic heterocycles. The van der Waals surface area contributed by atoms with E-state index in [9.17, 15) is 38.4 Å². The number of nitrogens with one attached hydrogen (secondary N) is 3. The van der Waals surface area contributed by atoms with Crippen LogP contribution in [0.15, 0.2) is 130 Å². The van der Waals surface area contributed by atoms with Gasteiger partial charge in [0.25, 0.3) is 0 Å². The number of aromatic amines is 3. The van der Waals surface area contributed by atoms with E-state index in [-0.39, 0.29) is 13.2 Å². The van der Waals surface area contributed by atoms with E-state index >= 15 is 0 Å². The predicted octanol–water partition coefficient (Wildman–Crippen LogP) is 2.48. The third-order valence-electron chi connectivity index (χ3n) is 5.86. The minimum atomic E-state index is -0.898. The number of rotatable bonds is 5. The Labute approximate surface area is 358 Å². The van der Waals surface area contributed by atoms with Crippen LogP contribution in [0.4, 0.5) is 9.59 Å². The van der Waals surface area contributed by atoms with Gasteiger partial charge in [0.2, 0.25) is 17.1 Å². The van der Waals surface area contributed by atoms with Crippen LogP contribution in [0.2, 0.25) is 0 Å². The van der Waals surface area contributed by atoms with Crippen molar-refractivity contribution in [3.05, 3.63) is 210 Å². The molecule has 0 spiro atoms. The largest absolute Gasteiger partial charge is 0.569 e. The number of aliphatic hydroxyl groups excluding tert-OH is 4. The molecule has 66 heavy (non-hydrogen) atoms. The Hall–Kier alpha value is -11.1. The quantitative estimate of drug-likeness (QED) is 0.0756. The maximum absolute atomic E-state index is 10.9. The van der Waals surface area contributed by atoms with Crippen LogP contribution >= 0.6 is 7.92 Å². The molecule has 0 aliphatic rings. The van der Waals surface area contributed by atoms with Crippen LogP contribution in [0.3, 0.4) is 0 Å². The normalized spacial score (nSPS) is 8.38. The summed E-state index contributed by atoms with van der Waals surface area (Å²) in [4.78, 5) is 89.6. The second kappa shape index (κ2) is 45.0. The zero-order valence-electron chi connectivity index (χ0n) is 37.1. The molecule has 0 atom stereocenters. The van der Waals surface area contributed by atoms with Gasteiger partial charge >= 0.3 is 29.3 Å². The number of aliphatic hydroxyl groups is 4. The third kappa shape index (κ3) is 27.6. The molecule has 2 amide bonds. The van der Waals surface area contributed by atoms with Crippen LogP contribution in [-0.2, 0) is 9.47 Å². The summed E-state index contributed by atoms with van der Waals surface area (Å²) in [6.07, 6.45) is -1.80. The summed E-state index contributed by atoms with van der Waals surface area (Å²) in [6, 6.07) is 32.3. The van der Waals surface area contributed by atoms with Crippen molar-refractivity contribution in [3.63, 3.8) is 0 Å². The summed E-state index contributed by atoms with van der Waals surface area (Å²) < 4.78 is 10.2. The van der Waals surface area contributed by atoms with Gasteiger partial charge in [0, 0.05) is 0 Å². The second-order valence-corrected chi connectivity index (χ2v) is 11.7. The third-order valence-corrected chi connectivity index (χ3v) is 8.30. The Morgan fingerprint density at radius 1 is 0.485 bits per heavy atom. The zero-order chi connectivity index (χ0) is 48.6. The number of aromatic nitrogens is 6. The maximum Gasteiger partial charge on any atom is 0.452 e. The molecule has 0 aliphatic carbocycles. The molecule has 0 unspecified atom stereocenters. The van der Waals surface area contributed by atoms with Crippen molar-refractivity contribution >= 4 is 36.0 Å². The Morgan fingerprint density at radius 3 is 0.864 bits per heavy atom. The maximum atomic E-state index is 10.9. The molecule has 22 nitrogen and oxygen atoms in total. The van der Waals surface area contributed by atoms with Crippen molar-refractivity contribution in [1.82, 2.24) is 28.7 Å². The standard InChI is InChI=1S/C18H15P.C6H6N3O3.C6H10N2O4.C3H3N3O3.C2H5.4CH3O.4Rf/c1-4-10-16(11-5-1)19(17-12-6-2-7-13-17)18-14-8-3-9-15-18;1-7-4(10)8(2)6(12)9(3)5(7)11;1-3-11-5(9)7-8-6(10)12-4-2;7-1-4-2(8)6-3(9)5-1;5*1-2;;;;/h1-15H;1-3H2;3-4H2,1-2H3;(H3,4,5,6,7,8,9);1H2,2H3;4*2H,1H2;;;;/q;-3;;;5*-1;;;;. The van der Waals surface area contributed by atoms with E-state index in [2.05, 4.69) is 167 Å². The molecule has 0 saturated carbocycles. The molecular formula is C39H51N8O14PRf4-8.